The molecular formula is C14H17F2NO3. The van der Waals surface area contributed by atoms with Crippen molar-refractivity contribution in [2.45, 2.75) is 37.5 Å². The number of hydrogen-bond acceptors (Lipinski definition) is 4. The zero-order valence-corrected chi connectivity index (χ0v) is 11.1. The molecule has 2 atom stereocenters. The van der Waals surface area contributed by atoms with Gasteiger partial charge < -0.3 is 15.2 Å². The van der Waals surface area contributed by atoms with Gasteiger partial charge in [-0.25, -0.2) is 8.78 Å². The lowest BCUT2D eigenvalue weighted by atomic mass is 9.99. The van der Waals surface area contributed by atoms with Gasteiger partial charge in [0.05, 0.1) is 19.6 Å². The number of methoxy groups -OCH3 is 1. The van der Waals surface area contributed by atoms with Crippen LogP contribution in [0.5, 0.6) is 0 Å². The van der Waals surface area contributed by atoms with Gasteiger partial charge in [0.2, 0.25) is 0 Å². The Morgan fingerprint density at radius 1 is 1.45 bits per heavy atom. The van der Waals surface area contributed by atoms with E-state index in [4.69, 9.17) is 0 Å². The van der Waals surface area contributed by atoms with Crippen LogP contribution in [0, 0.1) is 11.6 Å². The van der Waals surface area contributed by atoms with Gasteiger partial charge in [0, 0.05) is 12.1 Å². The molecule has 1 aromatic rings. The fraction of sp³-hybridized carbons (Fsp3) is 0.500. The molecule has 1 aliphatic rings. The lowest BCUT2D eigenvalue weighted by Crippen LogP contribution is -2.38. The predicted octanol–water partition coefficient (Wildman–Crippen LogP) is 1.68. The number of nitrogens with one attached hydrogen (secondary N) is 1. The quantitative estimate of drug-likeness (QED) is 0.781. The van der Waals surface area contributed by atoms with Crippen molar-refractivity contribution in [2.75, 3.05) is 7.11 Å². The van der Waals surface area contributed by atoms with E-state index in [0.29, 0.717) is 0 Å². The monoisotopic (exact) mass is 285 g/mol. The normalized spacial score (nSPS) is 17.6. The Hall–Kier alpha value is -1.53. The molecule has 0 amide bonds. The second kappa shape index (κ2) is 6.28. The van der Waals surface area contributed by atoms with Gasteiger partial charge in [0.25, 0.3) is 0 Å². The number of esters is 1. The second-order valence-corrected chi connectivity index (χ2v) is 4.95. The number of carbonyl (C=O) groups excluding carboxylic acids is 1. The number of halogens is 2. The summed E-state index contributed by atoms with van der Waals surface area (Å²) in [6.45, 7) is 0. The first kappa shape index (κ1) is 14.9. The molecule has 1 aromatic carbocycles. The fourth-order valence-corrected chi connectivity index (χ4v) is 2.01. The maximum atomic E-state index is 13.2. The number of ether oxygens (including phenoxy) is 1. The van der Waals surface area contributed by atoms with Crippen LogP contribution >= 0.6 is 0 Å². The third kappa shape index (κ3) is 3.74. The van der Waals surface area contributed by atoms with Crippen LogP contribution in [0.3, 0.4) is 0 Å². The molecule has 2 unspecified atom stereocenters. The topological polar surface area (TPSA) is 58.6 Å². The highest BCUT2D eigenvalue weighted by Crippen LogP contribution is 2.26. The zero-order valence-electron chi connectivity index (χ0n) is 11.1. The molecule has 20 heavy (non-hydrogen) atoms. The van der Waals surface area contributed by atoms with Crippen molar-refractivity contribution in [3.8, 4) is 0 Å². The van der Waals surface area contributed by atoms with Gasteiger partial charge >= 0.3 is 5.97 Å². The Morgan fingerprint density at radius 3 is 2.70 bits per heavy atom. The summed E-state index contributed by atoms with van der Waals surface area (Å²) < 4.78 is 30.7. The van der Waals surface area contributed by atoms with Crippen LogP contribution in [0.4, 0.5) is 8.78 Å². The van der Waals surface area contributed by atoms with Crippen molar-refractivity contribution in [1.29, 1.82) is 0 Å². The molecule has 4 nitrogen and oxygen atoms in total. The molecule has 0 spiro atoms. The van der Waals surface area contributed by atoms with Crippen LogP contribution < -0.4 is 5.32 Å². The van der Waals surface area contributed by atoms with E-state index in [0.717, 1.165) is 25.0 Å². The number of carbonyl (C=O) groups is 1. The Balaban J connectivity index is 2.12. The third-order valence-corrected chi connectivity index (χ3v) is 3.31. The Kier molecular flexibility index (Phi) is 4.67. The van der Waals surface area contributed by atoms with E-state index < -0.39 is 29.7 Å². The first-order chi connectivity index (χ1) is 9.51. The van der Waals surface area contributed by atoms with Gasteiger partial charge in [0.15, 0.2) is 11.6 Å². The maximum absolute atomic E-state index is 13.2. The van der Waals surface area contributed by atoms with Crippen molar-refractivity contribution in [3.63, 3.8) is 0 Å². The first-order valence-corrected chi connectivity index (χ1v) is 6.47. The van der Waals surface area contributed by atoms with E-state index in [1.54, 1.807) is 0 Å². The van der Waals surface area contributed by atoms with Crippen molar-refractivity contribution < 1.29 is 23.4 Å². The highest BCUT2D eigenvalue weighted by Gasteiger charge is 2.31. The lowest BCUT2D eigenvalue weighted by Gasteiger charge is -2.23. The molecule has 110 valence electrons. The molecule has 0 saturated heterocycles. The number of benzene rings is 1. The molecule has 2 N–H and O–H groups in total. The summed E-state index contributed by atoms with van der Waals surface area (Å²) in [5.41, 5.74) is 0.228. The minimum atomic E-state index is -1.11. The van der Waals surface area contributed by atoms with Gasteiger partial charge in [-0.05, 0) is 30.5 Å². The third-order valence-electron chi connectivity index (χ3n) is 3.31. The molecule has 1 saturated carbocycles. The fourth-order valence-electron chi connectivity index (χ4n) is 2.01. The summed E-state index contributed by atoms with van der Waals surface area (Å²) in [6.07, 6.45) is 0.808. The van der Waals surface area contributed by atoms with E-state index in [2.05, 4.69) is 10.1 Å². The molecule has 1 aliphatic carbocycles. The van der Waals surface area contributed by atoms with Crippen LogP contribution in [-0.4, -0.2) is 30.3 Å². The highest BCUT2D eigenvalue weighted by atomic mass is 19.2. The van der Waals surface area contributed by atoms with Gasteiger partial charge in [-0.2, -0.15) is 0 Å². The summed E-state index contributed by atoms with van der Waals surface area (Å²) >= 11 is 0. The largest absolute Gasteiger partial charge is 0.469 e. The average molecular weight is 285 g/mol. The number of aliphatic hydroxyl groups excluding tert-OH is 1. The summed E-state index contributed by atoms with van der Waals surface area (Å²) in [5.74, 6) is -2.46. The van der Waals surface area contributed by atoms with Crippen molar-refractivity contribution in [1.82, 2.24) is 5.32 Å². The van der Waals surface area contributed by atoms with Crippen molar-refractivity contribution in [3.05, 3.63) is 35.4 Å². The summed E-state index contributed by atoms with van der Waals surface area (Å²) in [5, 5.41) is 13.4. The van der Waals surface area contributed by atoms with Crippen LogP contribution in [0.25, 0.3) is 0 Å². The summed E-state index contributed by atoms with van der Waals surface area (Å²) in [6, 6.07) is 2.88. The lowest BCUT2D eigenvalue weighted by molar-refractivity contribution is -0.142. The molecule has 0 aromatic heterocycles. The van der Waals surface area contributed by atoms with Crippen LogP contribution in [-0.2, 0) is 9.53 Å². The van der Waals surface area contributed by atoms with E-state index in [1.165, 1.54) is 13.2 Å². The predicted molar refractivity (Wildman–Crippen MR) is 67.9 cm³/mol. The first-order valence-electron chi connectivity index (χ1n) is 6.47. The number of aliphatic hydroxyl groups is 1. The average Bonchev–Trinajstić information content (AvgIpc) is 3.24. The number of hydrogen-bond donors (Lipinski definition) is 2. The Bertz CT molecular complexity index is 491. The van der Waals surface area contributed by atoms with E-state index in [9.17, 15) is 18.7 Å². The molecule has 0 radical (unpaired) electrons. The smallest absolute Gasteiger partial charge is 0.307 e. The standard InChI is InChI=1S/C14H17F2NO3/c1-20-13(18)7-12(17-9-3-4-9)14(19)8-2-5-10(15)11(16)6-8/h2,5-6,9,12,14,17,19H,3-4,7H2,1H3. The van der Waals surface area contributed by atoms with Crippen molar-refractivity contribution in [2.24, 2.45) is 0 Å². The summed E-state index contributed by atoms with van der Waals surface area (Å²) in [4.78, 5) is 11.4. The van der Waals surface area contributed by atoms with Crippen LogP contribution in [0.15, 0.2) is 18.2 Å². The van der Waals surface area contributed by atoms with Gasteiger partial charge in [-0.15, -0.1) is 0 Å². The summed E-state index contributed by atoms with van der Waals surface area (Å²) in [7, 11) is 1.26. The number of rotatable bonds is 6. The Morgan fingerprint density at radius 2 is 2.15 bits per heavy atom. The van der Waals surface area contributed by atoms with E-state index in [1.807, 2.05) is 0 Å². The molecule has 0 aliphatic heterocycles. The van der Waals surface area contributed by atoms with Crippen LogP contribution in [0.1, 0.15) is 30.9 Å². The minimum absolute atomic E-state index is 0.0346. The second-order valence-electron chi connectivity index (χ2n) is 4.95. The molecule has 0 heterocycles. The van der Waals surface area contributed by atoms with Crippen LogP contribution in [0.2, 0.25) is 0 Å². The molecule has 6 heteroatoms. The maximum Gasteiger partial charge on any atom is 0.307 e. The van der Waals surface area contributed by atoms with Gasteiger partial charge in [0.1, 0.15) is 0 Å². The van der Waals surface area contributed by atoms with E-state index >= 15 is 0 Å². The van der Waals surface area contributed by atoms with Crippen molar-refractivity contribution >= 4 is 5.97 Å². The van der Waals surface area contributed by atoms with E-state index in [-0.39, 0.29) is 18.0 Å². The Labute approximate surface area is 115 Å². The zero-order chi connectivity index (χ0) is 14.7. The minimum Gasteiger partial charge on any atom is -0.469 e. The molecular weight excluding hydrogens is 268 g/mol. The molecule has 1 fully saturated rings. The highest BCUT2D eigenvalue weighted by molar-refractivity contribution is 5.70. The van der Waals surface area contributed by atoms with Gasteiger partial charge in [-0.1, -0.05) is 6.07 Å². The van der Waals surface area contributed by atoms with Gasteiger partial charge in [-0.3, -0.25) is 4.79 Å². The molecule has 0 bridgehead atoms. The molecule has 2 rings (SSSR count). The SMILES string of the molecule is COC(=O)CC(NC1CC1)C(O)c1ccc(F)c(F)c1.